The van der Waals surface area contributed by atoms with Crippen LogP contribution in [0.2, 0.25) is 0 Å². The molecule has 0 saturated heterocycles. The Balaban J connectivity index is 2.87. The number of hydrogen-bond donors (Lipinski definition) is 0. The third kappa shape index (κ3) is 2.44. The van der Waals surface area contributed by atoms with Gasteiger partial charge in [0.15, 0.2) is 0 Å². The topological polar surface area (TPSA) is 17.1 Å². The second-order valence-electron chi connectivity index (χ2n) is 4.31. The first-order chi connectivity index (χ1) is 6.60. The van der Waals surface area contributed by atoms with E-state index in [1.54, 1.807) is 0 Å². The number of benzene rings is 1. The van der Waals surface area contributed by atoms with E-state index in [0.717, 1.165) is 18.3 Å². The summed E-state index contributed by atoms with van der Waals surface area (Å²) in [4.78, 5) is 10.3. The van der Waals surface area contributed by atoms with Crippen molar-refractivity contribution < 1.29 is 4.79 Å². The quantitative estimate of drug-likeness (QED) is 0.667. The van der Waals surface area contributed by atoms with Gasteiger partial charge in [-0.15, -0.1) is 0 Å². The van der Waals surface area contributed by atoms with Crippen LogP contribution in [0, 0.1) is 0 Å². The first kappa shape index (κ1) is 11.0. The molecule has 0 N–H and O–H groups in total. The van der Waals surface area contributed by atoms with Crippen molar-refractivity contribution in [3.63, 3.8) is 0 Å². The van der Waals surface area contributed by atoms with Crippen molar-refractivity contribution in [2.24, 2.45) is 0 Å². The molecule has 0 spiro atoms. The van der Waals surface area contributed by atoms with E-state index in [0.29, 0.717) is 6.42 Å². The second kappa shape index (κ2) is 4.41. The Kier molecular flexibility index (Phi) is 3.45. The van der Waals surface area contributed by atoms with E-state index >= 15 is 0 Å². The number of carbonyl (C=O) groups is 1. The summed E-state index contributed by atoms with van der Waals surface area (Å²) < 4.78 is 0. The molecule has 0 unspecified atom stereocenters. The number of rotatable bonds is 4. The predicted molar refractivity (Wildman–Crippen MR) is 59.5 cm³/mol. The van der Waals surface area contributed by atoms with Crippen LogP contribution in [0.25, 0.3) is 0 Å². The summed E-state index contributed by atoms with van der Waals surface area (Å²) in [6.07, 6.45) is 2.59. The zero-order valence-corrected chi connectivity index (χ0v) is 9.21. The Bertz CT molecular complexity index is 296. The molecule has 1 aromatic rings. The predicted octanol–water partition coefficient (Wildman–Crippen LogP) is 3.12. The summed E-state index contributed by atoms with van der Waals surface area (Å²) >= 11 is 0. The fourth-order valence-corrected chi connectivity index (χ4v) is 1.39. The molecule has 0 aliphatic rings. The van der Waals surface area contributed by atoms with Gasteiger partial charge in [0.25, 0.3) is 0 Å². The Morgan fingerprint density at radius 1 is 1.21 bits per heavy atom. The Morgan fingerprint density at radius 2 is 1.79 bits per heavy atom. The summed E-state index contributed by atoms with van der Waals surface area (Å²) in [6, 6.07) is 8.34. The highest BCUT2D eigenvalue weighted by Crippen LogP contribution is 2.26. The molecule has 0 fully saturated rings. The molecule has 0 saturated carbocycles. The largest absolute Gasteiger partial charge is 0.303 e. The van der Waals surface area contributed by atoms with Crippen LogP contribution >= 0.6 is 0 Å². The van der Waals surface area contributed by atoms with Gasteiger partial charge in [-0.1, -0.05) is 45.0 Å². The van der Waals surface area contributed by atoms with Crippen molar-refractivity contribution in [1.82, 2.24) is 0 Å². The van der Waals surface area contributed by atoms with Gasteiger partial charge in [0.2, 0.25) is 0 Å². The molecule has 76 valence electrons. The summed E-state index contributed by atoms with van der Waals surface area (Å²) in [5.41, 5.74) is 2.67. The van der Waals surface area contributed by atoms with E-state index < -0.39 is 0 Å². The minimum atomic E-state index is 0.236. The van der Waals surface area contributed by atoms with Gasteiger partial charge in [-0.25, -0.2) is 0 Å². The average Bonchev–Trinajstić information content (AvgIpc) is 2.19. The van der Waals surface area contributed by atoms with Crippen molar-refractivity contribution >= 4 is 6.29 Å². The van der Waals surface area contributed by atoms with Gasteiger partial charge in [0.05, 0.1) is 0 Å². The third-order valence-corrected chi connectivity index (χ3v) is 2.94. The van der Waals surface area contributed by atoms with Gasteiger partial charge in [0.1, 0.15) is 6.29 Å². The van der Waals surface area contributed by atoms with E-state index in [9.17, 15) is 4.79 Å². The lowest BCUT2D eigenvalue weighted by Gasteiger charge is -2.23. The molecular weight excluding hydrogens is 172 g/mol. The van der Waals surface area contributed by atoms with Crippen molar-refractivity contribution in [2.75, 3.05) is 0 Å². The van der Waals surface area contributed by atoms with Crippen LogP contribution in [0.15, 0.2) is 24.3 Å². The SMILES string of the molecule is CCC(C)(C)c1ccc(CC=O)cc1. The third-order valence-electron chi connectivity index (χ3n) is 2.94. The molecule has 0 aromatic heterocycles. The minimum absolute atomic E-state index is 0.236. The molecule has 0 amide bonds. The van der Waals surface area contributed by atoms with Crippen LogP contribution in [0.3, 0.4) is 0 Å². The maximum Gasteiger partial charge on any atom is 0.124 e. The zero-order chi connectivity index (χ0) is 10.6. The number of carbonyl (C=O) groups excluding carboxylic acids is 1. The molecule has 0 heterocycles. The van der Waals surface area contributed by atoms with Crippen molar-refractivity contribution in [3.8, 4) is 0 Å². The fraction of sp³-hybridized carbons (Fsp3) is 0.462. The first-order valence-corrected chi connectivity index (χ1v) is 5.13. The fourth-order valence-electron chi connectivity index (χ4n) is 1.39. The molecule has 0 atom stereocenters. The van der Waals surface area contributed by atoms with E-state index in [4.69, 9.17) is 0 Å². The highest BCUT2D eigenvalue weighted by atomic mass is 16.1. The monoisotopic (exact) mass is 190 g/mol. The minimum Gasteiger partial charge on any atom is -0.303 e. The Hall–Kier alpha value is -1.11. The van der Waals surface area contributed by atoms with E-state index in [2.05, 4.69) is 32.9 Å². The molecule has 0 aliphatic carbocycles. The highest BCUT2D eigenvalue weighted by Gasteiger charge is 2.17. The lowest BCUT2D eigenvalue weighted by molar-refractivity contribution is -0.107. The zero-order valence-electron chi connectivity index (χ0n) is 9.21. The van der Waals surface area contributed by atoms with Crippen LogP contribution in [0.4, 0.5) is 0 Å². The lowest BCUT2D eigenvalue weighted by atomic mass is 9.82. The normalized spacial score (nSPS) is 11.4. The van der Waals surface area contributed by atoms with E-state index in [1.807, 2.05) is 12.1 Å². The molecule has 0 bridgehead atoms. The Labute approximate surface area is 86.1 Å². The van der Waals surface area contributed by atoms with E-state index in [1.165, 1.54) is 5.56 Å². The molecule has 0 radical (unpaired) electrons. The van der Waals surface area contributed by atoms with Crippen LogP contribution in [-0.4, -0.2) is 6.29 Å². The molecular formula is C13H18O. The molecule has 0 aliphatic heterocycles. The summed E-state index contributed by atoms with van der Waals surface area (Å²) in [6.45, 7) is 6.67. The highest BCUT2D eigenvalue weighted by molar-refractivity contribution is 5.54. The molecule has 1 rings (SSSR count). The summed E-state index contributed by atoms with van der Waals surface area (Å²) in [5.74, 6) is 0. The number of hydrogen-bond acceptors (Lipinski definition) is 1. The van der Waals surface area contributed by atoms with Crippen molar-refractivity contribution in [3.05, 3.63) is 35.4 Å². The van der Waals surface area contributed by atoms with Gasteiger partial charge in [-0.2, -0.15) is 0 Å². The van der Waals surface area contributed by atoms with Gasteiger partial charge < -0.3 is 4.79 Å². The lowest BCUT2D eigenvalue weighted by Crippen LogP contribution is -2.15. The summed E-state index contributed by atoms with van der Waals surface area (Å²) in [5, 5.41) is 0. The van der Waals surface area contributed by atoms with Gasteiger partial charge >= 0.3 is 0 Å². The van der Waals surface area contributed by atoms with Crippen LogP contribution in [0.5, 0.6) is 0 Å². The van der Waals surface area contributed by atoms with Crippen molar-refractivity contribution in [2.45, 2.75) is 39.0 Å². The second-order valence-corrected chi connectivity index (χ2v) is 4.31. The Morgan fingerprint density at radius 3 is 2.21 bits per heavy atom. The molecule has 1 aromatic carbocycles. The van der Waals surface area contributed by atoms with Gasteiger partial charge in [-0.05, 0) is 23.0 Å². The average molecular weight is 190 g/mol. The maximum atomic E-state index is 10.3. The molecule has 14 heavy (non-hydrogen) atoms. The smallest absolute Gasteiger partial charge is 0.124 e. The van der Waals surface area contributed by atoms with Gasteiger partial charge in [0, 0.05) is 6.42 Å². The number of aldehydes is 1. The standard InChI is InChI=1S/C13H18O/c1-4-13(2,3)12-7-5-11(6-8-12)9-10-14/h5-8,10H,4,9H2,1-3H3. The van der Waals surface area contributed by atoms with Crippen molar-refractivity contribution in [1.29, 1.82) is 0 Å². The summed E-state index contributed by atoms with van der Waals surface area (Å²) in [7, 11) is 0. The van der Waals surface area contributed by atoms with Crippen LogP contribution in [0.1, 0.15) is 38.3 Å². The van der Waals surface area contributed by atoms with E-state index in [-0.39, 0.29) is 5.41 Å². The first-order valence-electron chi connectivity index (χ1n) is 5.13. The van der Waals surface area contributed by atoms with Crippen LogP contribution in [-0.2, 0) is 16.6 Å². The molecule has 1 nitrogen and oxygen atoms in total. The van der Waals surface area contributed by atoms with Gasteiger partial charge in [-0.3, -0.25) is 0 Å². The maximum absolute atomic E-state index is 10.3. The molecule has 1 heteroatoms. The van der Waals surface area contributed by atoms with Crippen LogP contribution < -0.4 is 0 Å².